The number of hydrogen-bond donors (Lipinski definition) is 1. The van der Waals surface area contributed by atoms with Crippen LogP contribution in [0.2, 0.25) is 18.1 Å². The predicted molar refractivity (Wildman–Crippen MR) is 145 cm³/mol. The predicted octanol–water partition coefficient (Wildman–Crippen LogP) is 8.21. The van der Waals surface area contributed by atoms with E-state index in [1.165, 1.54) is 57.8 Å². The van der Waals surface area contributed by atoms with Gasteiger partial charge in [-0.3, -0.25) is 14.9 Å². The van der Waals surface area contributed by atoms with Crippen molar-refractivity contribution in [2.45, 2.75) is 147 Å². The molecule has 2 unspecified atom stereocenters. The molecule has 1 saturated heterocycles. The molecule has 0 saturated carbocycles. The second-order valence-electron chi connectivity index (χ2n) is 10.9. The van der Waals surface area contributed by atoms with E-state index in [0.717, 1.165) is 43.9 Å². The summed E-state index contributed by atoms with van der Waals surface area (Å²) in [4.78, 5) is 22.7. The van der Waals surface area contributed by atoms with Crippen LogP contribution < -0.4 is 5.32 Å². The van der Waals surface area contributed by atoms with Crippen molar-refractivity contribution >= 4 is 31.2 Å². The number of imide groups is 1. The molecule has 4 nitrogen and oxygen atoms in total. The third-order valence-corrected chi connectivity index (χ3v) is 12.4. The molecule has 1 N–H and O–H groups in total. The Hall–Kier alpha value is -0.773. The van der Waals surface area contributed by atoms with Crippen LogP contribution in [-0.2, 0) is 9.22 Å². The molecule has 0 aromatic heterocycles. The van der Waals surface area contributed by atoms with Crippen LogP contribution >= 0.6 is 11.8 Å². The highest BCUT2D eigenvalue weighted by atomic mass is 32.2. The maximum Gasteiger partial charge on any atom is 0.286 e. The number of amides is 2. The minimum atomic E-state index is -1.77. The van der Waals surface area contributed by atoms with E-state index >= 15 is 0 Å². The lowest BCUT2D eigenvalue weighted by Gasteiger charge is -2.38. The molecule has 33 heavy (non-hydrogen) atoms. The number of carbonyl (C=O) groups is 2. The van der Waals surface area contributed by atoms with E-state index in [1.54, 1.807) is 0 Å². The Kier molecular flexibility index (Phi) is 14.7. The van der Waals surface area contributed by atoms with Crippen molar-refractivity contribution in [3.05, 3.63) is 0 Å². The van der Waals surface area contributed by atoms with E-state index < -0.39 is 8.32 Å². The van der Waals surface area contributed by atoms with Gasteiger partial charge in [0.25, 0.3) is 5.24 Å². The lowest BCUT2D eigenvalue weighted by molar-refractivity contribution is -0.119. The molecule has 2 atom stereocenters. The van der Waals surface area contributed by atoms with Gasteiger partial charge in [0.1, 0.15) is 6.10 Å². The molecule has 1 rings (SSSR count). The summed E-state index contributed by atoms with van der Waals surface area (Å²) < 4.78 is 6.57. The molecule has 1 fully saturated rings. The molecule has 1 aliphatic heterocycles. The zero-order valence-electron chi connectivity index (χ0n) is 22.2. The number of nitrogens with one attached hydrogen (secondary N) is 1. The summed E-state index contributed by atoms with van der Waals surface area (Å²) in [6.45, 7) is 13.8. The van der Waals surface area contributed by atoms with Crippen molar-refractivity contribution < 1.29 is 14.0 Å². The van der Waals surface area contributed by atoms with E-state index in [0.29, 0.717) is 0 Å². The highest BCUT2D eigenvalue weighted by Crippen LogP contribution is 2.37. The Morgan fingerprint density at radius 2 is 1.55 bits per heavy atom. The van der Waals surface area contributed by atoms with E-state index in [1.807, 2.05) is 0 Å². The van der Waals surface area contributed by atoms with Crippen LogP contribution in [0.4, 0.5) is 4.79 Å². The van der Waals surface area contributed by atoms with Crippen LogP contribution in [0.25, 0.3) is 0 Å². The first-order chi connectivity index (χ1) is 15.6. The molecule has 0 radical (unpaired) electrons. The second kappa shape index (κ2) is 16.0. The van der Waals surface area contributed by atoms with Crippen molar-refractivity contribution in [1.29, 1.82) is 0 Å². The van der Waals surface area contributed by atoms with Crippen molar-refractivity contribution in [3.8, 4) is 11.8 Å². The van der Waals surface area contributed by atoms with Gasteiger partial charge in [0.15, 0.2) is 8.32 Å². The highest BCUT2D eigenvalue weighted by Gasteiger charge is 2.38. The molecule has 0 aliphatic carbocycles. The zero-order chi connectivity index (χ0) is 24.7. The SMILES string of the molecule is CCCCC(C#CCCCCCCCCCCCC1SC(=O)NC1=O)O[Si](C)(C)C(C)(C)C. The fourth-order valence-electron chi connectivity index (χ4n) is 3.63. The van der Waals surface area contributed by atoms with Gasteiger partial charge in [-0.15, -0.1) is 5.92 Å². The minimum Gasteiger partial charge on any atom is -0.403 e. The van der Waals surface area contributed by atoms with Gasteiger partial charge >= 0.3 is 0 Å². The molecule has 0 aromatic rings. The molecule has 6 heteroatoms. The number of rotatable bonds is 16. The van der Waals surface area contributed by atoms with Crippen LogP contribution in [0.3, 0.4) is 0 Å². The van der Waals surface area contributed by atoms with Crippen molar-refractivity contribution in [3.63, 3.8) is 0 Å². The Bertz CT molecular complexity index is 648. The van der Waals surface area contributed by atoms with Crippen LogP contribution in [0, 0.1) is 11.8 Å². The van der Waals surface area contributed by atoms with Gasteiger partial charge in [-0.2, -0.15) is 0 Å². The van der Waals surface area contributed by atoms with Gasteiger partial charge < -0.3 is 4.43 Å². The molecular formula is C27H49NO3SSi. The number of carbonyl (C=O) groups excluding carboxylic acids is 2. The fourth-order valence-corrected chi connectivity index (χ4v) is 5.74. The van der Waals surface area contributed by atoms with Crippen molar-refractivity contribution in [2.24, 2.45) is 0 Å². The number of unbranched alkanes of at least 4 members (excludes halogenated alkanes) is 10. The second-order valence-corrected chi connectivity index (χ2v) is 16.9. The van der Waals surface area contributed by atoms with Gasteiger partial charge in [0.2, 0.25) is 5.91 Å². The van der Waals surface area contributed by atoms with Crippen LogP contribution in [0.15, 0.2) is 0 Å². The van der Waals surface area contributed by atoms with Crippen molar-refractivity contribution in [1.82, 2.24) is 5.32 Å². The maximum atomic E-state index is 11.5. The first-order valence-electron chi connectivity index (χ1n) is 13.2. The van der Waals surface area contributed by atoms with E-state index in [-0.39, 0.29) is 27.5 Å². The third-order valence-electron chi connectivity index (χ3n) is 6.86. The average Bonchev–Trinajstić information content (AvgIpc) is 3.05. The normalized spacial score (nSPS) is 17.6. The monoisotopic (exact) mass is 495 g/mol. The van der Waals surface area contributed by atoms with Gasteiger partial charge in [0.05, 0.1) is 5.25 Å². The molecule has 1 heterocycles. The van der Waals surface area contributed by atoms with Crippen molar-refractivity contribution in [2.75, 3.05) is 0 Å². The van der Waals surface area contributed by atoms with Gasteiger partial charge in [0, 0.05) is 6.42 Å². The van der Waals surface area contributed by atoms with Gasteiger partial charge in [-0.1, -0.05) is 110 Å². The van der Waals surface area contributed by atoms with Crippen LogP contribution in [0.5, 0.6) is 0 Å². The largest absolute Gasteiger partial charge is 0.403 e. The summed E-state index contributed by atoms with van der Waals surface area (Å²) in [5.41, 5.74) is 0. The van der Waals surface area contributed by atoms with Crippen LogP contribution in [0.1, 0.15) is 118 Å². The van der Waals surface area contributed by atoms with E-state index in [2.05, 4.69) is 57.9 Å². The Balaban J connectivity index is 2.08. The molecular weight excluding hydrogens is 446 g/mol. The Morgan fingerprint density at radius 1 is 0.970 bits per heavy atom. The summed E-state index contributed by atoms with van der Waals surface area (Å²) in [6.07, 6.45) is 16.4. The standard InChI is InChI=1S/C27H49NO3SSi/c1-7-8-20-23(31-33(5,6)27(2,3)4)21-18-16-14-12-10-9-11-13-15-17-19-22-24-25(29)28-26(30)32-24/h23-24H,7-17,19-20,22H2,1-6H3,(H,28,29,30). The molecule has 0 bridgehead atoms. The summed E-state index contributed by atoms with van der Waals surface area (Å²) in [7, 11) is -1.77. The minimum absolute atomic E-state index is 0.103. The number of thioether (sulfide) groups is 1. The summed E-state index contributed by atoms with van der Waals surface area (Å²) in [5.74, 6) is 6.77. The van der Waals surface area contributed by atoms with E-state index in [9.17, 15) is 9.59 Å². The molecule has 2 amide bonds. The summed E-state index contributed by atoms with van der Waals surface area (Å²) in [5, 5.41) is 2.25. The first kappa shape index (κ1) is 30.3. The zero-order valence-corrected chi connectivity index (χ0v) is 24.0. The highest BCUT2D eigenvalue weighted by molar-refractivity contribution is 8.15. The molecule has 0 aromatic carbocycles. The fraction of sp³-hybridized carbons (Fsp3) is 0.852. The van der Waals surface area contributed by atoms with Crippen LogP contribution in [-0.4, -0.2) is 30.8 Å². The van der Waals surface area contributed by atoms with Gasteiger partial charge in [-0.25, -0.2) is 0 Å². The summed E-state index contributed by atoms with van der Waals surface area (Å²) >= 11 is 1.15. The Labute approximate surface area is 209 Å². The average molecular weight is 496 g/mol. The van der Waals surface area contributed by atoms with E-state index in [4.69, 9.17) is 4.43 Å². The lowest BCUT2D eigenvalue weighted by Crippen LogP contribution is -2.43. The molecule has 1 aliphatic rings. The lowest BCUT2D eigenvalue weighted by atomic mass is 10.0. The first-order valence-corrected chi connectivity index (χ1v) is 17.0. The number of hydrogen-bond acceptors (Lipinski definition) is 4. The van der Waals surface area contributed by atoms with Gasteiger partial charge in [-0.05, 0) is 37.4 Å². The summed E-state index contributed by atoms with van der Waals surface area (Å²) in [6, 6.07) is 0. The molecule has 0 spiro atoms. The smallest absolute Gasteiger partial charge is 0.286 e. The Morgan fingerprint density at radius 3 is 2.06 bits per heavy atom. The maximum absolute atomic E-state index is 11.5. The quantitative estimate of drug-likeness (QED) is 0.133. The third kappa shape index (κ3) is 13.0. The topological polar surface area (TPSA) is 55.4 Å². The molecule has 190 valence electrons.